The van der Waals surface area contributed by atoms with E-state index in [1.807, 2.05) is 6.07 Å². The molecule has 0 saturated heterocycles. The Bertz CT molecular complexity index is 750. The van der Waals surface area contributed by atoms with Gasteiger partial charge < -0.3 is 9.08 Å². The van der Waals surface area contributed by atoms with Crippen molar-refractivity contribution in [3.8, 4) is 5.75 Å². The molecule has 2 rings (SSSR count). The summed E-state index contributed by atoms with van der Waals surface area (Å²) in [4.78, 5) is 17.3. The second-order valence-corrected chi connectivity index (χ2v) is 5.04. The molecule has 2 aromatic rings. The van der Waals surface area contributed by atoms with Gasteiger partial charge in [-0.25, -0.2) is 0 Å². The summed E-state index contributed by atoms with van der Waals surface area (Å²) in [6, 6.07) is 9.92. The predicted molar refractivity (Wildman–Crippen MR) is 74.1 cm³/mol. The second-order valence-electron chi connectivity index (χ2n) is 4.09. The first-order valence-electron chi connectivity index (χ1n) is 5.79. The highest BCUT2D eigenvalue weighted by Gasteiger charge is 2.16. The Morgan fingerprint density at radius 2 is 1.90 bits per heavy atom. The average molecular weight is 310 g/mol. The van der Waals surface area contributed by atoms with Gasteiger partial charge in [-0.1, -0.05) is 22.1 Å². The maximum Gasteiger partial charge on any atom is 0.488 e. The fourth-order valence-electron chi connectivity index (χ4n) is 1.66. The Kier molecular flexibility index (Phi) is 4.18. The molecule has 0 N–H and O–H groups in total. The van der Waals surface area contributed by atoms with Crippen molar-refractivity contribution in [2.75, 3.05) is 11.9 Å². The van der Waals surface area contributed by atoms with Crippen molar-refractivity contribution in [2.45, 2.75) is 0 Å². The summed E-state index contributed by atoms with van der Waals surface area (Å²) >= 11 is 0. The van der Waals surface area contributed by atoms with Crippen LogP contribution in [0.5, 0.6) is 5.75 Å². The minimum absolute atomic E-state index is 0.0718. The van der Waals surface area contributed by atoms with E-state index in [1.54, 1.807) is 31.3 Å². The summed E-state index contributed by atoms with van der Waals surface area (Å²) in [7, 11) is -3.60. The lowest BCUT2D eigenvalue weighted by atomic mass is 10.2. The van der Waals surface area contributed by atoms with Gasteiger partial charge in [-0.2, -0.15) is 8.42 Å². The zero-order chi connectivity index (χ0) is 15.5. The maximum absolute atomic E-state index is 12.5. The van der Waals surface area contributed by atoms with Crippen LogP contribution in [-0.2, 0) is 10.5 Å². The number of nitrogens with zero attached hydrogens (tertiary/aromatic N) is 2. The Labute approximate surface area is 121 Å². The molecule has 1 amide bonds. The summed E-state index contributed by atoms with van der Waals surface area (Å²) in [5.41, 5.74) is 0.717. The SMILES string of the molecule is CN(C(=O)c1cncc(OS(=O)(=O)F)c1)c1ccccc1. The molecule has 1 aromatic heterocycles. The van der Waals surface area contributed by atoms with Crippen LogP contribution < -0.4 is 9.08 Å². The summed E-state index contributed by atoms with van der Waals surface area (Å²) < 4.78 is 37.4. The topological polar surface area (TPSA) is 76.6 Å². The minimum atomic E-state index is -5.16. The zero-order valence-corrected chi connectivity index (χ0v) is 11.7. The van der Waals surface area contributed by atoms with E-state index in [2.05, 4.69) is 9.17 Å². The van der Waals surface area contributed by atoms with Crippen LogP contribution in [0.15, 0.2) is 48.8 Å². The van der Waals surface area contributed by atoms with E-state index in [9.17, 15) is 17.1 Å². The van der Waals surface area contributed by atoms with E-state index in [-0.39, 0.29) is 11.3 Å². The number of pyridine rings is 1. The lowest BCUT2D eigenvalue weighted by molar-refractivity contribution is 0.0992. The van der Waals surface area contributed by atoms with Crippen LogP contribution >= 0.6 is 0 Å². The molecule has 0 saturated carbocycles. The van der Waals surface area contributed by atoms with Crippen LogP contribution in [-0.4, -0.2) is 26.4 Å². The van der Waals surface area contributed by atoms with E-state index >= 15 is 0 Å². The van der Waals surface area contributed by atoms with Crippen LogP contribution in [0.4, 0.5) is 9.57 Å². The highest BCUT2D eigenvalue weighted by molar-refractivity contribution is 7.81. The van der Waals surface area contributed by atoms with Crippen LogP contribution in [0.2, 0.25) is 0 Å². The quantitative estimate of drug-likeness (QED) is 0.807. The van der Waals surface area contributed by atoms with Gasteiger partial charge in [-0.3, -0.25) is 9.78 Å². The molecule has 0 aliphatic rings. The number of hydrogen-bond acceptors (Lipinski definition) is 5. The smallest absolute Gasteiger partial charge is 0.357 e. The van der Waals surface area contributed by atoms with Crippen molar-refractivity contribution in [2.24, 2.45) is 0 Å². The third kappa shape index (κ3) is 3.99. The molecule has 0 spiro atoms. The highest BCUT2D eigenvalue weighted by atomic mass is 32.3. The van der Waals surface area contributed by atoms with Gasteiger partial charge in [0.2, 0.25) is 0 Å². The monoisotopic (exact) mass is 310 g/mol. The van der Waals surface area contributed by atoms with E-state index in [0.29, 0.717) is 5.69 Å². The van der Waals surface area contributed by atoms with Gasteiger partial charge in [0, 0.05) is 18.9 Å². The van der Waals surface area contributed by atoms with Crippen molar-refractivity contribution in [3.63, 3.8) is 0 Å². The summed E-state index contributed by atoms with van der Waals surface area (Å²) in [6.07, 6.45) is 2.23. The average Bonchev–Trinajstić information content (AvgIpc) is 2.45. The van der Waals surface area contributed by atoms with Gasteiger partial charge in [-0.05, 0) is 18.2 Å². The summed E-state index contributed by atoms with van der Waals surface area (Å²) in [5, 5.41) is 0. The molecule has 0 bridgehead atoms. The number of anilines is 1. The third-order valence-electron chi connectivity index (χ3n) is 2.60. The van der Waals surface area contributed by atoms with Gasteiger partial charge in [0.1, 0.15) is 0 Å². The Hall–Kier alpha value is -2.48. The molecule has 1 aromatic carbocycles. The number of halogens is 1. The van der Waals surface area contributed by atoms with Crippen molar-refractivity contribution < 1.29 is 21.3 Å². The zero-order valence-electron chi connectivity index (χ0n) is 10.9. The molecule has 0 aliphatic heterocycles. The molecule has 21 heavy (non-hydrogen) atoms. The van der Waals surface area contributed by atoms with Gasteiger partial charge >= 0.3 is 10.5 Å². The normalized spacial score (nSPS) is 11.0. The Morgan fingerprint density at radius 3 is 2.52 bits per heavy atom. The fraction of sp³-hybridized carbons (Fsp3) is 0.0769. The molecule has 6 nitrogen and oxygen atoms in total. The van der Waals surface area contributed by atoms with Gasteiger partial charge in [-0.15, -0.1) is 0 Å². The number of hydrogen-bond donors (Lipinski definition) is 0. The van der Waals surface area contributed by atoms with Crippen molar-refractivity contribution in [1.29, 1.82) is 0 Å². The van der Waals surface area contributed by atoms with Gasteiger partial charge in [0.15, 0.2) is 5.75 Å². The first-order chi connectivity index (χ1) is 9.87. The molecule has 0 atom stereocenters. The van der Waals surface area contributed by atoms with E-state index in [1.165, 1.54) is 11.1 Å². The lowest BCUT2D eigenvalue weighted by Gasteiger charge is -2.17. The van der Waals surface area contributed by atoms with Crippen molar-refractivity contribution in [1.82, 2.24) is 4.98 Å². The molecule has 0 radical (unpaired) electrons. The van der Waals surface area contributed by atoms with Gasteiger partial charge in [0.05, 0.1) is 11.8 Å². The van der Waals surface area contributed by atoms with Gasteiger partial charge in [0.25, 0.3) is 5.91 Å². The second kappa shape index (κ2) is 5.88. The lowest BCUT2D eigenvalue weighted by Crippen LogP contribution is -2.26. The van der Waals surface area contributed by atoms with Crippen LogP contribution in [0.1, 0.15) is 10.4 Å². The Balaban J connectivity index is 2.26. The van der Waals surface area contributed by atoms with Crippen LogP contribution in [0.25, 0.3) is 0 Å². The maximum atomic E-state index is 12.5. The third-order valence-corrected chi connectivity index (χ3v) is 3.00. The number of aromatic nitrogens is 1. The van der Waals surface area contributed by atoms with Crippen molar-refractivity contribution >= 4 is 22.1 Å². The summed E-state index contributed by atoms with van der Waals surface area (Å²) in [6.45, 7) is 0. The molecule has 0 fully saturated rings. The number of benzene rings is 1. The molecule has 110 valence electrons. The molecule has 0 unspecified atom stereocenters. The number of carbonyl (C=O) groups excluding carboxylic acids is 1. The van der Waals surface area contributed by atoms with E-state index in [4.69, 9.17) is 0 Å². The Morgan fingerprint density at radius 1 is 1.24 bits per heavy atom. The van der Waals surface area contributed by atoms with Crippen molar-refractivity contribution in [3.05, 3.63) is 54.4 Å². The molecule has 0 aliphatic carbocycles. The minimum Gasteiger partial charge on any atom is -0.357 e. The number of para-hydroxylation sites is 1. The number of rotatable bonds is 4. The number of amides is 1. The molecule has 1 heterocycles. The molecular formula is C13H11FN2O4S. The van der Waals surface area contributed by atoms with Crippen LogP contribution in [0.3, 0.4) is 0 Å². The first-order valence-corrected chi connectivity index (χ1v) is 7.10. The molecular weight excluding hydrogens is 299 g/mol. The largest absolute Gasteiger partial charge is 0.488 e. The first kappa shape index (κ1) is 14.9. The standard InChI is InChI=1S/C13H11FN2O4S/c1-16(11-5-3-2-4-6-11)13(17)10-7-12(9-15-8-10)20-21(14,18)19/h2-9H,1H3. The molecule has 8 heteroatoms. The van der Waals surface area contributed by atoms with E-state index < -0.39 is 16.4 Å². The fourth-order valence-corrected chi connectivity index (χ4v) is 1.98. The summed E-state index contributed by atoms with van der Waals surface area (Å²) in [5.74, 6) is -0.805. The van der Waals surface area contributed by atoms with Crippen LogP contribution in [0, 0.1) is 0 Å². The number of carbonyl (C=O) groups is 1. The highest BCUT2D eigenvalue weighted by Crippen LogP contribution is 2.18. The van der Waals surface area contributed by atoms with E-state index in [0.717, 1.165) is 12.3 Å². The predicted octanol–water partition coefficient (Wildman–Crippen LogP) is 1.95.